The Kier molecular flexibility index (Phi) is 2.85. The van der Waals surface area contributed by atoms with Gasteiger partial charge in [-0.15, -0.1) is 0 Å². The third-order valence-corrected chi connectivity index (χ3v) is 3.32. The van der Waals surface area contributed by atoms with E-state index in [1.54, 1.807) is 6.07 Å². The largest absolute Gasteiger partial charge is 0.303 e. The van der Waals surface area contributed by atoms with Gasteiger partial charge in [0.15, 0.2) is 0 Å². The number of carbonyl (C=O) groups is 1. The maximum Gasteiger partial charge on any atom is 0.123 e. The molecule has 1 aromatic carbocycles. The van der Waals surface area contributed by atoms with Crippen molar-refractivity contribution in [3.63, 3.8) is 0 Å². The second kappa shape index (κ2) is 4.13. The Morgan fingerprint density at radius 3 is 3.07 bits per heavy atom. The fraction of sp³-hybridized carbons (Fsp3) is 0.462. The molecule has 1 aromatic rings. The van der Waals surface area contributed by atoms with Crippen LogP contribution < -0.4 is 0 Å². The fourth-order valence-electron chi connectivity index (χ4n) is 2.45. The minimum atomic E-state index is -0.196. The maximum atomic E-state index is 13.1. The van der Waals surface area contributed by atoms with Crippen LogP contribution in [0.2, 0.25) is 0 Å². The second-order valence-corrected chi connectivity index (χ2v) is 4.34. The zero-order chi connectivity index (χ0) is 10.8. The van der Waals surface area contributed by atoms with Crippen molar-refractivity contribution in [2.45, 2.75) is 32.1 Å². The lowest BCUT2D eigenvalue weighted by molar-refractivity contribution is -0.111. The normalized spacial score (nSPS) is 21.9. The Morgan fingerprint density at radius 2 is 2.33 bits per heavy atom. The molecule has 0 bridgehead atoms. The van der Waals surface area contributed by atoms with Gasteiger partial charge in [-0.25, -0.2) is 4.39 Å². The smallest absolute Gasteiger partial charge is 0.123 e. The lowest BCUT2D eigenvalue weighted by atomic mass is 9.77. The standard InChI is InChI=1S/C13H15FO/c1-9(8-15)12-4-2-3-10-5-6-11(14)7-13(10)12/h5-9,12H,2-4H2,1H3. The number of aryl methyl sites for hydroxylation is 1. The van der Waals surface area contributed by atoms with Gasteiger partial charge in [-0.1, -0.05) is 13.0 Å². The molecule has 0 heterocycles. The molecule has 0 saturated heterocycles. The lowest BCUT2D eigenvalue weighted by Crippen LogP contribution is -2.17. The van der Waals surface area contributed by atoms with Crippen molar-refractivity contribution in [1.29, 1.82) is 0 Å². The van der Waals surface area contributed by atoms with Crippen LogP contribution in [0.5, 0.6) is 0 Å². The molecule has 2 rings (SSSR count). The highest BCUT2D eigenvalue weighted by Crippen LogP contribution is 2.36. The molecule has 0 aromatic heterocycles. The Morgan fingerprint density at radius 1 is 1.53 bits per heavy atom. The van der Waals surface area contributed by atoms with Gasteiger partial charge >= 0.3 is 0 Å². The summed E-state index contributed by atoms with van der Waals surface area (Å²) in [6, 6.07) is 4.96. The van der Waals surface area contributed by atoms with Crippen molar-refractivity contribution >= 4 is 6.29 Å². The summed E-state index contributed by atoms with van der Waals surface area (Å²) in [4.78, 5) is 10.8. The molecular formula is C13H15FO. The summed E-state index contributed by atoms with van der Waals surface area (Å²) < 4.78 is 13.1. The van der Waals surface area contributed by atoms with Gasteiger partial charge in [0.05, 0.1) is 0 Å². The quantitative estimate of drug-likeness (QED) is 0.679. The third kappa shape index (κ3) is 1.94. The van der Waals surface area contributed by atoms with Gasteiger partial charge in [0.2, 0.25) is 0 Å². The summed E-state index contributed by atoms with van der Waals surface area (Å²) in [5.74, 6) is 0.00606. The Hall–Kier alpha value is -1.18. The molecule has 0 aliphatic heterocycles. The van der Waals surface area contributed by atoms with Crippen molar-refractivity contribution in [2.24, 2.45) is 5.92 Å². The van der Waals surface area contributed by atoms with E-state index in [1.165, 1.54) is 11.6 Å². The van der Waals surface area contributed by atoms with Crippen LogP contribution in [0.4, 0.5) is 4.39 Å². The Balaban J connectivity index is 2.40. The average Bonchev–Trinajstić information content (AvgIpc) is 2.27. The van der Waals surface area contributed by atoms with Crippen molar-refractivity contribution in [3.8, 4) is 0 Å². The highest BCUT2D eigenvalue weighted by molar-refractivity contribution is 5.56. The molecular weight excluding hydrogens is 191 g/mol. The molecule has 2 heteroatoms. The van der Waals surface area contributed by atoms with Crippen LogP contribution in [0.25, 0.3) is 0 Å². The first-order valence-electron chi connectivity index (χ1n) is 5.46. The van der Waals surface area contributed by atoms with Gasteiger partial charge < -0.3 is 4.79 Å². The molecule has 0 amide bonds. The first-order valence-corrected chi connectivity index (χ1v) is 5.46. The molecule has 2 atom stereocenters. The molecule has 0 saturated carbocycles. The van der Waals surface area contributed by atoms with E-state index in [0.717, 1.165) is 31.1 Å². The average molecular weight is 206 g/mol. The minimum Gasteiger partial charge on any atom is -0.303 e. The summed E-state index contributed by atoms with van der Waals surface area (Å²) in [6.45, 7) is 1.91. The van der Waals surface area contributed by atoms with Crippen LogP contribution in [0.3, 0.4) is 0 Å². The summed E-state index contributed by atoms with van der Waals surface area (Å²) >= 11 is 0. The van der Waals surface area contributed by atoms with Gasteiger partial charge in [0.1, 0.15) is 12.1 Å². The zero-order valence-corrected chi connectivity index (χ0v) is 8.87. The molecule has 0 fully saturated rings. The van der Waals surface area contributed by atoms with E-state index < -0.39 is 0 Å². The number of hydrogen-bond acceptors (Lipinski definition) is 1. The lowest BCUT2D eigenvalue weighted by Gasteiger charge is -2.27. The zero-order valence-electron chi connectivity index (χ0n) is 8.87. The molecule has 80 valence electrons. The number of benzene rings is 1. The molecule has 0 radical (unpaired) electrons. The summed E-state index contributed by atoms with van der Waals surface area (Å²) in [5.41, 5.74) is 2.25. The van der Waals surface area contributed by atoms with Crippen molar-refractivity contribution in [1.82, 2.24) is 0 Å². The first-order chi connectivity index (χ1) is 7.22. The van der Waals surface area contributed by atoms with E-state index in [9.17, 15) is 9.18 Å². The van der Waals surface area contributed by atoms with E-state index in [0.29, 0.717) is 0 Å². The highest BCUT2D eigenvalue weighted by Gasteiger charge is 2.25. The van der Waals surface area contributed by atoms with E-state index in [1.807, 2.05) is 13.0 Å². The van der Waals surface area contributed by atoms with Crippen LogP contribution in [0.1, 0.15) is 36.8 Å². The monoisotopic (exact) mass is 206 g/mol. The number of fused-ring (bicyclic) bond motifs is 1. The number of carbonyl (C=O) groups excluding carboxylic acids is 1. The number of hydrogen-bond donors (Lipinski definition) is 0. The molecule has 1 nitrogen and oxygen atoms in total. The predicted molar refractivity (Wildman–Crippen MR) is 57.3 cm³/mol. The summed E-state index contributed by atoms with van der Waals surface area (Å²) in [5, 5.41) is 0. The van der Waals surface area contributed by atoms with Crippen LogP contribution in [0, 0.1) is 11.7 Å². The first kappa shape index (κ1) is 10.3. The van der Waals surface area contributed by atoms with Gasteiger partial charge in [0.25, 0.3) is 0 Å². The second-order valence-electron chi connectivity index (χ2n) is 4.34. The van der Waals surface area contributed by atoms with Gasteiger partial charge in [-0.05, 0) is 48.4 Å². The molecule has 15 heavy (non-hydrogen) atoms. The Bertz CT molecular complexity index is 373. The van der Waals surface area contributed by atoms with Crippen molar-refractivity contribution < 1.29 is 9.18 Å². The summed E-state index contributed by atoms with van der Waals surface area (Å²) in [7, 11) is 0. The fourth-order valence-corrected chi connectivity index (χ4v) is 2.45. The molecule has 0 spiro atoms. The molecule has 1 aliphatic carbocycles. The van der Waals surface area contributed by atoms with E-state index in [4.69, 9.17) is 0 Å². The van der Waals surface area contributed by atoms with E-state index in [2.05, 4.69) is 0 Å². The van der Waals surface area contributed by atoms with Gasteiger partial charge in [-0.3, -0.25) is 0 Å². The minimum absolute atomic E-state index is 0.00847. The number of rotatable bonds is 2. The highest BCUT2D eigenvalue weighted by atomic mass is 19.1. The Labute approximate surface area is 89.3 Å². The van der Waals surface area contributed by atoms with Crippen LogP contribution in [0.15, 0.2) is 18.2 Å². The van der Waals surface area contributed by atoms with Crippen LogP contribution in [-0.4, -0.2) is 6.29 Å². The number of aldehydes is 1. The summed E-state index contributed by atoms with van der Waals surface area (Å²) in [6.07, 6.45) is 4.08. The van der Waals surface area contributed by atoms with Crippen LogP contribution in [-0.2, 0) is 11.2 Å². The van der Waals surface area contributed by atoms with Crippen molar-refractivity contribution in [2.75, 3.05) is 0 Å². The molecule has 0 N–H and O–H groups in total. The van der Waals surface area contributed by atoms with E-state index in [-0.39, 0.29) is 17.7 Å². The topological polar surface area (TPSA) is 17.1 Å². The third-order valence-electron chi connectivity index (χ3n) is 3.32. The van der Waals surface area contributed by atoms with Gasteiger partial charge in [-0.2, -0.15) is 0 Å². The number of halogens is 1. The molecule has 2 unspecified atom stereocenters. The van der Waals surface area contributed by atoms with Crippen LogP contribution >= 0.6 is 0 Å². The molecule has 1 aliphatic rings. The van der Waals surface area contributed by atoms with E-state index >= 15 is 0 Å². The maximum absolute atomic E-state index is 13.1. The van der Waals surface area contributed by atoms with Crippen molar-refractivity contribution in [3.05, 3.63) is 35.1 Å². The predicted octanol–water partition coefficient (Wildman–Crippen LogP) is 3.08. The van der Waals surface area contributed by atoms with Gasteiger partial charge in [0, 0.05) is 5.92 Å². The SMILES string of the molecule is CC(C=O)C1CCCc2ccc(F)cc21.